The number of allylic oxidation sites excluding steroid dienone is 1. The summed E-state index contributed by atoms with van der Waals surface area (Å²) in [7, 11) is 0. The van der Waals surface area contributed by atoms with Crippen LogP contribution in [0.1, 0.15) is 11.3 Å². The molecule has 0 spiro atoms. The van der Waals surface area contributed by atoms with Crippen molar-refractivity contribution in [3.8, 4) is 0 Å². The molecule has 0 aliphatic heterocycles. The fraction of sp³-hybridized carbons (Fsp3) is 0.0667. The van der Waals surface area contributed by atoms with E-state index in [0.717, 1.165) is 11.3 Å². The summed E-state index contributed by atoms with van der Waals surface area (Å²) in [6.07, 6.45) is 6.76. The molecule has 1 aromatic heterocycles. The summed E-state index contributed by atoms with van der Waals surface area (Å²) in [6, 6.07) is 10.7. The van der Waals surface area contributed by atoms with Gasteiger partial charge in [0.05, 0.1) is 12.7 Å². The van der Waals surface area contributed by atoms with Gasteiger partial charge >= 0.3 is 0 Å². The Balaban J connectivity index is 1.76. The quantitative estimate of drug-likeness (QED) is 0.678. The Morgan fingerprint density at radius 1 is 1.30 bits per heavy atom. The van der Waals surface area contributed by atoms with Crippen molar-refractivity contribution in [1.82, 2.24) is 5.43 Å². The van der Waals surface area contributed by atoms with Crippen molar-refractivity contribution in [3.63, 3.8) is 0 Å². The van der Waals surface area contributed by atoms with Gasteiger partial charge in [-0.3, -0.25) is 4.79 Å². The van der Waals surface area contributed by atoms with E-state index < -0.39 is 0 Å². The number of nitrogens with one attached hydrogen (secondary N) is 1. The number of amides is 1. The molecule has 1 amide bonds. The van der Waals surface area contributed by atoms with E-state index in [1.165, 1.54) is 6.21 Å². The largest absolute Gasteiger partial charge is 0.465 e. The van der Waals surface area contributed by atoms with E-state index in [-0.39, 0.29) is 12.3 Å². The number of hydrogen-bond acceptors (Lipinski definition) is 3. The number of hydrogen-bond donors (Lipinski definition) is 1. The van der Waals surface area contributed by atoms with Gasteiger partial charge in [-0.1, -0.05) is 23.7 Å². The molecule has 1 heterocycles. The van der Waals surface area contributed by atoms with Crippen molar-refractivity contribution in [2.24, 2.45) is 5.10 Å². The van der Waals surface area contributed by atoms with Crippen LogP contribution in [0.15, 0.2) is 58.3 Å². The van der Waals surface area contributed by atoms with Crippen LogP contribution in [0.5, 0.6) is 0 Å². The molecule has 0 saturated heterocycles. The first-order valence-electron chi connectivity index (χ1n) is 6.00. The van der Waals surface area contributed by atoms with Crippen LogP contribution < -0.4 is 5.43 Å². The molecular weight excluding hydrogens is 276 g/mol. The minimum atomic E-state index is -0.185. The van der Waals surface area contributed by atoms with Gasteiger partial charge in [0, 0.05) is 11.2 Å². The molecule has 2 aromatic rings. The fourth-order valence-electron chi connectivity index (χ4n) is 1.50. The van der Waals surface area contributed by atoms with Gasteiger partial charge in [0.1, 0.15) is 5.76 Å². The van der Waals surface area contributed by atoms with Crippen molar-refractivity contribution < 1.29 is 9.21 Å². The number of furan rings is 1. The monoisotopic (exact) mass is 288 g/mol. The zero-order valence-electron chi connectivity index (χ0n) is 10.6. The van der Waals surface area contributed by atoms with E-state index >= 15 is 0 Å². The Kier molecular flexibility index (Phi) is 5.15. The highest BCUT2D eigenvalue weighted by molar-refractivity contribution is 6.30. The molecule has 102 valence electrons. The normalized spacial score (nSPS) is 11.2. The summed E-state index contributed by atoms with van der Waals surface area (Å²) in [5.74, 6) is 0.541. The Bertz CT molecular complexity index is 601. The second-order valence-electron chi connectivity index (χ2n) is 3.99. The molecule has 0 bridgehead atoms. The summed E-state index contributed by atoms with van der Waals surface area (Å²) in [4.78, 5) is 11.6. The molecule has 0 unspecified atom stereocenters. The molecular formula is C15H13ClN2O2. The van der Waals surface area contributed by atoms with Crippen LogP contribution >= 0.6 is 11.6 Å². The van der Waals surface area contributed by atoms with Crippen molar-refractivity contribution in [1.29, 1.82) is 0 Å². The number of nitrogens with zero attached hydrogens (tertiary/aromatic N) is 1. The molecule has 0 fully saturated rings. The Morgan fingerprint density at radius 2 is 2.10 bits per heavy atom. The van der Waals surface area contributed by atoms with Crippen LogP contribution in [-0.2, 0) is 11.2 Å². The van der Waals surface area contributed by atoms with Crippen LogP contribution in [0, 0.1) is 0 Å². The highest BCUT2D eigenvalue weighted by atomic mass is 35.5. The van der Waals surface area contributed by atoms with Crippen molar-refractivity contribution in [2.45, 2.75) is 6.42 Å². The van der Waals surface area contributed by atoms with E-state index in [1.807, 2.05) is 18.2 Å². The second kappa shape index (κ2) is 7.31. The number of carbonyl (C=O) groups excluding carboxylic acids is 1. The Morgan fingerprint density at radius 3 is 2.80 bits per heavy atom. The van der Waals surface area contributed by atoms with E-state index in [4.69, 9.17) is 16.0 Å². The highest BCUT2D eigenvalue weighted by Gasteiger charge is 2.01. The lowest BCUT2D eigenvalue weighted by Crippen LogP contribution is -2.19. The van der Waals surface area contributed by atoms with Crippen molar-refractivity contribution in [3.05, 3.63) is 65.1 Å². The zero-order chi connectivity index (χ0) is 14.2. The summed E-state index contributed by atoms with van der Waals surface area (Å²) < 4.78 is 5.10. The maximum Gasteiger partial charge on any atom is 0.244 e. The standard InChI is InChI=1S/C15H13ClN2O2/c16-13-7-5-12(6-8-13)11-15(19)18-17-9-1-3-14-4-2-10-20-14/h1-10H,11H2,(H,18,19). The third kappa shape index (κ3) is 4.74. The number of hydrazone groups is 1. The number of halogens is 1. The molecule has 20 heavy (non-hydrogen) atoms. The van der Waals surface area contributed by atoms with Gasteiger partial charge in [-0.25, -0.2) is 5.43 Å². The molecule has 0 aliphatic rings. The third-order valence-electron chi connectivity index (χ3n) is 2.43. The van der Waals surface area contributed by atoms with Gasteiger partial charge < -0.3 is 4.42 Å². The SMILES string of the molecule is O=C(Cc1ccc(Cl)cc1)NN=CC=Cc1ccco1. The second-order valence-corrected chi connectivity index (χ2v) is 4.43. The van der Waals surface area contributed by atoms with Gasteiger partial charge in [-0.15, -0.1) is 0 Å². The number of benzene rings is 1. The van der Waals surface area contributed by atoms with Crippen molar-refractivity contribution in [2.75, 3.05) is 0 Å². The van der Waals surface area contributed by atoms with Crippen molar-refractivity contribution >= 4 is 29.8 Å². The number of rotatable bonds is 5. The summed E-state index contributed by atoms with van der Waals surface area (Å²) in [6.45, 7) is 0. The smallest absolute Gasteiger partial charge is 0.244 e. The topological polar surface area (TPSA) is 54.6 Å². The van der Waals surface area contributed by atoms with E-state index in [9.17, 15) is 4.79 Å². The predicted molar refractivity (Wildman–Crippen MR) is 79.5 cm³/mol. The fourth-order valence-corrected chi connectivity index (χ4v) is 1.63. The lowest BCUT2D eigenvalue weighted by Gasteiger charge is -1.99. The van der Waals surface area contributed by atoms with Gasteiger partial charge in [0.2, 0.25) is 5.91 Å². The average molecular weight is 289 g/mol. The van der Waals surface area contributed by atoms with Crippen LogP contribution in [0.2, 0.25) is 5.02 Å². The van der Waals surface area contributed by atoms with Crippen LogP contribution in [0.4, 0.5) is 0 Å². The maximum absolute atomic E-state index is 11.6. The van der Waals surface area contributed by atoms with E-state index in [1.54, 1.807) is 36.6 Å². The minimum absolute atomic E-state index is 0.185. The van der Waals surface area contributed by atoms with E-state index in [2.05, 4.69) is 10.5 Å². The first-order valence-corrected chi connectivity index (χ1v) is 6.38. The Labute approximate surface area is 121 Å². The maximum atomic E-state index is 11.6. The zero-order valence-corrected chi connectivity index (χ0v) is 11.4. The highest BCUT2D eigenvalue weighted by Crippen LogP contribution is 2.09. The van der Waals surface area contributed by atoms with E-state index in [0.29, 0.717) is 5.02 Å². The lowest BCUT2D eigenvalue weighted by molar-refractivity contribution is -0.120. The summed E-state index contributed by atoms with van der Waals surface area (Å²) in [5, 5.41) is 4.45. The van der Waals surface area contributed by atoms with Crippen LogP contribution in [0.3, 0.4) is 0 Å². The third-order valence-corrected chi connectivity index (χ3v) is 2.68. The molecule has 0 aliphatic carbocycles. The minimum Gasteiger partial charge on any atom is -0.465 e. The average Bonchev–Trinajstić information content (AvgIpc) is 2.94. The van der Waals surface area contributed by atoms with Crippen LogP contribution in [0.25, 0.3) is 6.08 Å². The van der Waals surface area contributed by atoms with Gasteiger partial charge in [0.25, 0.3) is 0 Å². The molecule has 1 N–H and O–H groups in total. The molecule has 0 atom stereocenters. The lowest BCUT2D eigenvalue weighted by atomic mass is 10.1. The van der Waals surface area contributed by atoms with Gasteiger partial charge in [0.15, 0.2) is 0 Å². The van der Waals surface area contributed by atoms with Crippen LogP contribution in [-0.4, -0.2) is 12.1 Å². The molecule has 1 aromatic carbocycles. The molecule has 0 saturated carbocycles. The summed E-state index contributed by atoms with van der Waals surface area (Å²) >= 11 is 5.77. The molecule has 0 radical (unpaired) electrons. The number of carbonyl (C=O) groups is 1. The Hall–Kier alpha value is -2.33. The predicted octanol–water partition coefficient (Wildman–Crippen LogP) is 3.29. The molecule has 4 nitrogen and oxygen atoms in total. The summed E-state index contributed by atoms with van der Waals surface area (Å²) in [5.41, 5.74) is 3.32. The first kappa shape index (κ1) is 14.1. The first-order chi connectivity index (χ1) is 9.74. The molecule has 5 heteroatoms. The van der Waals surface area contributed by atoms with Gasteiger partial charge in [-0.2, -0.15) is 5.10 Å². The van der Waals surface area contributed by atoms with Gasteiger partial charge in [-0.05, 0) is 42.0 Å². The molecule has 2 rings (SSSR count).